The van der Waals surface area contributed by atoms with Crippen molar-refractivity contribution < 1.29 is 0 Å². The molecule has 80 heavy (non-hydrogen) atoms. The third-order valence-corrected chi connectivity index (χ3v) is 15.9. The zero-order valence-electron chi connectivity index (χ0n) is 46.9. The minimum Gasteiger partial charge on any atom is -0.317 e. The molecule has 0 amide bonds. The number of hydrogen-bond acceptors (Lipinski definition) is 6. The molecule has 410 valence electrons. The van der Waals surface area contributed by atoms with E-state index in [-0.39, 0.29) is 0 Å². The van der Waals surface area contributed by atoms with Crippen LogP contribution in [0.15, 0.2) is 273 Å². The van der Waals surface area contributed by atoms with Crippen molar-refractivity contribution in [2.45, 2.75) is 61.6 Å². The Labute approximate surface area is 479 Å². The van der Waals surface area contributed by atoms with Gasteiger partial charge in [-0.1, -0.05) is 273 Å². The fraction of sp³-hybridized carbons (Fsp3) is 0.270. The topological polar surface area (TPSA) is 63.4 Å². The number of hydrogen-bond donors (Lipinski definition) is 5. The largest absolute Gasteiger partial charge is 0.317 e. The second kappa shape index (κ2) is 30.9. The average molecular weight is 1060 g/mol. The van der Waals surface area contributed by atoms with Crippen LogP contribution in [0.4, 0.5) is 0 Å². The lowest BCUT2D eigenvalue weighted by Crippen LogP contribution is -2.45. The molecule has 9 aromatic carbocycles. The van der Waals surface area contributed by atoms with Gasteiger partial charge in [0, 0.05) is 0 Å². The third-order valence-electron chi connectivity index (χ3n) is 15.9. The second-order valence-electron chi connectivity index (χ2n) is 21.1. The first-order valence-electron chi connectivity index (χ1n) is 29.6. The predicted octanol–water partition coefficient (Wildman–Crippen LogP) is 13.9. The quantitative estimate of drug-likeness (QED) is 0.0205. The summed E-state index contributed by atoms with van der Waals surface area (Å²) in [4.78, 5) is 2.73. The van der Waals surface area contributed by atoms with Gasteiger partial charge in [-0.3, -0.25) is 16.0 Å². The number of rotatable bonds is 34. The molecule has 6 heteroatoms. The van der Waals surface area contributed by atoms with E-state index in [2.05, 4.69) is 304 Å². The van der Waals surface area contributed by atoms with E-state index in [4.69, 9.17) is 0 Å². The summed E-state index contributed by atoms with van der Waals surface area (Å²) in [5.41, 5.74) is 9.94. The normalized spacial score (nSPS) is 12.0. The molecule has 9 aromatic rings. The zero-order valence-corrected chi connectivity index (χ0v) is 46.9. The van der Waals surface area contributed by atoms with E-state index in [1.54, 1.807) is 0 Å². The Morgan fingerprint density at radius 1 is 0.200 bits per heavy atom. The molecule has 0 spiro atoms. The van der Waals surface area contributed by atoms with Gasteiger partial charge < -0.3 is 15.5 Å². The van der Waals surface area contributed by atoms with E-state index in [1.807, 2.05) is 0 Å². The molecule has 0 bridgehead atoms. The highest BCUT2D eigenvalue weighted by Gasteiger charge is 2.38. The van der Waals surface area contributed by atoms with Crippen molar-refractivity contribution in [3.05, 3.63) is 323 Å². The first-order valence-corrected chi connectivity index (χ1v) is 29.6. The molecule has 0 aliphatic heterocycles. The van der Waals surface area contributed by atoms with Crippen LogP contribution in [-0.4, -0.2) is 70.3 Å². The van der Waals surface area contributed by atoms with E-state index in [9.17, 15) is 0 Å². The van der Waals surface area contributed by atoms with Crippen LogP contribution in [0.2, 0.25) is 0 Å². The summed E-state index contributed by atoms with van der Waals surface area (Å²) in [7, 11) is 0. The molecule has 0 saturated carbocycles. The maximum atomic E-state index is 4.16. The second-order valence-corrected chi connectivity index (χ2v) is 21.1. The smallest absolute Gasteiger partial charge is 0.0947 e. The van der Waals surface area contributed by atoms with Crippen molar-refractivity contribution in [3.63, 3.8) is 0 Å². The first kappa shape index (κ1) is 57.4. The molecule has 0 aliphatic rings. The van der Waals surface area contributed by atoms with E-state index in [1.165, 1.54) is 62.9 Å². The van der Waals surface area contributed by atoms with Gasteiger partial charge in [0.25, 0.3) is 0 Å². The molecule has 0 aliphatic carbocycles. The molecule has 0 heterocycles. The molecule has 0 unspecified atom stereocenters. The van der Waals surface area contributed by atoms with Gasteiger partial charge in [0.05, 0.1) is 16.6 Å². The molecule has 0 radical (unpaired) electrons. The van der Waals surface area contributed by atoms with Gasteiger partial charge in [-0.2, -0.15) is 0 Å². The van der Waals surface area contributed by atoms with Crippen molar-refractivity contribution in [1.29, 1.82) is 0 Å². The van der Waals surface area contributed by atoms with Gasteiger partial charge in [0.2, 0.25) is 0 Å². The lowest BCUT2D eigenvalue weighted by molar-refractivity contribution is 0.255. The standard InChI is InChI=1S/C74H84N6/c1-10-35-63(36-11-1)72(64-37-12-2-13-38-64,65-39-14-3-15-40-65)77-57-32-55-75-53-28-30-60-80(62-34-59-79-74(69-47-22-7-23-48-69,70-49-24-8-25-50-70)71-51-26-9-27-52-71)61-31-29-54-76-56-33-58-78-73(66-41-16-4-17-42-66,67-43-18-5-19-44-67)68-45-20-6-21-46-68/h1-27,35-52,75-79H,28-34,53-62H2. The maximum absolute atomic E-state index is 4.16. The molecule has 0 atom stereocenters. The molecule has 6 nitrogen and oxygen atoms in total. The lowest BCUT2D eigenvalue weighted by Gasteiger charge is -2.37. The maximum Gasteiger partial charge on any atom is 0.0947 e. The Morgan fingerprint density at radius 2 is 0.388 bits per heavy atom. The average Bonchev–Trinajstić information content (AvgIpc) is 3.62. The summed E-state index contributed by atoms with van der Waals surface area (Å²) in [6, 6.07) is 98.5. The summed E-state index contributed by atoms with van der Waals surface area (Å²) in [5.74, 6) is 0. The summed E-state index contributed by atoms with van der Waals surface area (Å²) < 4.78 is 0. The van der Waals surface area contributed by atoms with Crippen molar-refractivity contribution >= 4 is 0 Å². The van der Waals surface area contributed by atoms with Crippen LogP contribution in [0.1, 0.15) is 95.0 Å². The van der Waals surface area contributed by atoms with Gasteiger partial charge in [-0.05, 0) is 160 Å². The number of nitrogens with zero attached hydrogens (tertiary/aromatic N) is 1. The van der Waals surface area contributed by atoms with Gasteiger partial charge in [-0.25, -0.2) is 0 Å². The lowest BCUT2D eigenvalue weighted by atomic mass is 9.77. The van der Waals surface area contributed by atoms with Crippen LogP contribution in [0, 0.1) is 0 Å². The summed E-state index contributed by atoms with van der Waals surface area (Å²) in [6.07, 6.45) is 7.76. The minimum atomic E-state index is -0.463. The summed E-state index contributed by atoms with van der Waals surface area (Å²) in [5, 5.41) is 19.9. The van der Waals surface area contributed by atoms with Crippen LogP contribution in [0.3, 0.4) is 0 Å². The Hall–Kier alpha value is -7.26. The molecular formula is C74H84N6. The van der Waals surface area contributed by atoms with E-state index >= 15 is 0 Å². The van der Waals surface area contributed by atoms with Crippen molar-refractivity contribution in [2.24, 2.45) is 0 Å². The molecular weight excluding hydrogens is 973 g/mol. The number of nitrogens with one attached hydrogen (secondary N) is 5. The molecule has 5 N–H and O–H groups in total. The molecule has 0 fully saturated rings. The van der Waals surface area contributed by atoms with Crippen molar-refractivity contribution in [1.82, 2.24) is 31.5 Å². The van der Waals surface area contributed by atoms with Crippen LogP contribution in [0.5, 0.6) is 0 Å². The van der Waals surface area contributed by atoms with Crippen LogP contribution >= 0.6 is 0 Å². The van der Waals surface area contributed by atoms with Gasteiger partial charge >= 0.3 is 0 Å². The highest BCUT2D eigenvalue weighted by Crippen LogP contribution is 2.39. The van der Waals surface area contributed by atoms with Gasteiger partial charge in [0.15, 0.2) is 0 Å². The Bertz CT molecular complexity index is 2600. The highest BCUT2D eigenvalue weighted by atomic mass is 15.1. The Kier molecular flexibility index (Phi) is 22.2. The van der Waals surface area contributed by atoms with Gasteiger partial charge in [-0.15, -0.1) is 0 Å². The fourth-order valence-corrected chi connectivity index (χ4v) is 11.9. The SMILES string of the molecule is c1ccc(C(NCCCNCCCCN(CCCCNCCCNC(c2ccccc2)(c2ccccc2)c2ccccc2)CCCNC(c2ccccc2)(c2ccccc2)c2ccccc2)(c2ccccc2)c2ccccc2)cc1. The molecule has 0 saturated heterocycles. The van der Waals surface area contributed by atoms with Crippen molar-refractivity contribution in [3.8, 4) is 0 Å². The van der Waals surface area contributed by atoms with Crippen LogP contribution in [0.25, 0.3) is 0 Å². The van der Waals surface area contributed by atoms with Crippen LogP contribution in [-0.2, 0) is 16.6 Å². The predicted molar refractivity (Wildman–Crippen MR) is 336 cm³/mol. The molecule has 0 aromatic heterocycles. The summed E-state index contributed by atoms with van der Waals surface area (Å²) >= 11 is 0. The van der Waals surface area contributed by atoms with Crippen molar-refractivity contribution in [2.75, 3.05) is 65.4 Å². The molecule has 9 rings (SSSR count). The number of benzene rings is 9. The van der Waals surface area contributed by atoms with Gasteiger partial charge in [0.1, 0.15) is 0 Å². The fourth-order valence-electron chi connectivity index (χ4n) is 11.9. The highest BCUT2D eigenvalue weighted by molar-refractivity contribution is 5.52. The van der Waals surface area contributed by atoms with E-state index < -0.39 is 16.6 Å². The zero-order chi connectivity index (χ0) is 54.6. The Morgan fingerprint density at radius 3 is 0.613 bits per heavy atom. The van der Waals surface area contributed by atoms with E-state index in [0.717, 1.165) is 97.6 Å². The number of unbranched alkanes of at least 4 members (excludes halogenated alkanes) is 2. The Balaban J connectivity index is 0.782. The van der Waals surface area contributed by atoms with E-state index in [0.29, 0.717) is 0 Å². The minimum absolute atomic E-state index is 0.440. The summed E-state index contributed by atoms with van der Waals surface area (Å²) in [6.45, 7) is 9.90. The monoisotopic (exact) mass is 1060 g/mol. The van der Waals surface area contributed by atoms with Crippen LogP contribution < -0.4 is 26.6 Å². The third kappa shape index (κ3) is 14.7. The first-order chi connectivity index (χ1) is 39.7.